The van der Waals surface area contributed by atoms with E-state index in [4.69, 9.17) is 20.4 Å². The van der Waals surface area contributed by atoms with Crippen molar-refractivity contribution < 1.29 is 30.0 Å². The number of carboxylic acids is 2. The van der Waals surface area contributed by atoms with Crippen LogP contribution in [0.3, 0.4) is 0 Å². The second kappa shape index (κ2) is 11.8. The molecule has 0 aromatic heterocycles. The number of hydrogen-bond acceptors (Lipinski definition) is 5. The van der Waals surface area contributed by atoms with Crippen molar-refractivity contribution in [3.63, 3.8) is 0 Å². The summed E-state index contributed by atoms with van der Waals surface area (Å²) < 4.78 is 0. The normalized spacial score (nSPS) is 19.3. The van der Waals surface area contributed by atoms with E-state index in [0.29, 0.717) is 0 Å². The van der Waals surface area contributed by atoms with Crippen molar-refractivity contribution in [1.29, 1.82) is 0 Å². The molecule has 1 fully saturated rings. The van der Waals surface area contributed by atoms with Gasteiger partial charge < -0.3 is 25.3 Å². The van der Waals surface area contributed by atoms with Gasteiger partial charge in [-0.25, -0.2) is 9.59 Å². The molecule has 2 aromatic rings. The minimum Gasteiger partial charge on any atom is -0.479 e. The fourth-order valence-electron chi connectivity index (χ4n) is 4.54. The smallest absolute Gasteiger partial charge is 0.335 e. The van der Waals surface area contributed by atoms with Gasteiger partial charge in [0.2, 0.25) is 0 Å². The predicted molar refractivity (Wildman–Crippen MR) is 121 cm³/mol. The van der Waals surface area contributed by atoms with E-state index < -0.39 is 24.1 Å². The lowest BCUT2D eigenvalue weighted by atomic mass is 9.62. The summed E-state index contributed by atoms with van der Waals surface area (Å²) in [6.07, 6.45) is 0.682. The Morgan fingerprint density at radius 1 is 0.906 bits per heavy atom. The Balaban J connectivity index is 0.000000309. The molecule has 0 spiro atoms. The first-order chi connectivity index (χ1) is 15.2. The van der Waals surface area contributed by atoms with Crippen LogP contribution in [0.1, 0.15) is 36.8 Å². The highest BCUT2D eigenvalue weighted by Gasteiger charge is 2.39. The highest BCUT2D eigenvalue weighted by atomic mass is 16.4. The molecule has 0 amide bonds. The van der Waals surface area contributed by atoms with Crippen LogP contribution in [0.15, 0.2) is 60.7 Å². The van der Waals surface area contributed by atoms with E-state index in [9.17, 15) is 9.59 Å². The summed E-state index contributed by atoms with van der Waals surface area (Å²) in [7, 11) is 4.39. The van der Waals surface area contributed by atoms with Gasteiger partial charge in [0.1, 0.15) is 0 Å². The molecule has 7 nitrogen and oxygen atoms in total. The van der Waals surface area contributed by atoms with Gasteiger partial charge in [-0.05, 0) is 50.4 Å². The number of rotatable bonds is 7. The molecule has 1 unspecified atom stereocenters. The fourth-order valence-corrected chi connectivity index (χ4v) is 4.54. The summed E-state index contributed by atoms with van der Waals surface area (Å²) in [6, 6.07) is 22.3. The summed E-state index contributed by atoms with van der Waals surface area (Å²) in [5.41, 5.74) is 3.18. The third kappa shape index (κ3) is 6.63. The standard InChI is InChI=1S/C21H27N.C4H6O6/c1-22(2)17-18-10-9-15-21(16-18,19-11-5-3-6-12-19)20-13-7-4-8-14-20;5-1(3(7)8)2(6)4(9)10/h3-8,11-14,18H,9-10,15-17H2,1-2H3;1-2,5-6H,(H,7,8)(H,9,10)/t;1-,2-/m.1/s1. The first-order valence-corrected chi connectivity index (χ1v) is 10.7. The molecular formula is C25H33NO6. The topological polar surface area (TPSA) is 118 Å². The first kappa shape index (κ1) is 25.5. The highest BCUT2D eigenvalue weighted by Crippen LogP contribution is 2.46. The van der Waals surface area contributed by atoms with Gasteiger partial charge in [0, 0.05) is 12.0 Å². The van der Waals surface area contributed by atoms with Crippen LogP contribution in [-0.2, 0) is 15.0 Å². The number of nitrogens with zero attached hydrogens (tertiary/aromatic N) is 1. The van der Waals surface area contributed by atoms with Crippen molar-refractivity contribution in [3.05, 3.63) is 71.8 Å². The van der Waals surface area contributed by atoms with Crippen LogP contribution >= 0.6 is 0 Å². The number of carbonyl (C=O) groups is 2. The molecule has 174 valence electrons. The second-order valence-corrected chi connectivity index (χ2v) is 8.60. The molecule has 1 aliphatic carbocycles. The zero-order chi connectivity index (χ0) is 23.7. The van der Waals surface area contributed by atoms with Gasteiger partial charge in [0.15, 0.2) is 12.2 Å². The molecule has 3 rings (SSSR count). The van der Waals surface area contributed by atoms with E-state index in [1.165, 1.54) is 43.4 Å². The maximum absolute atomic E-state index is 9.77. The summed E-state index contributed by atoms with van der Waals surface area (Å²) in [5.74, 6) is -2.76. The Bertz CT molecular complexity index is 798. The Hall–Kier alpha value is -2.74. The quantitative estimate of drug-likeness (QED) is 0.519. The monoisotopic (exact) mass is 443 g/mol. The predicted octanol–water partition coefficient (Wildman–Crippen LogP) is 2.60. The average Bonchev–Trinajstić information content (AvgIpc) is 2.79. The van der Waals surface area contributed by atoms with Gasteiger partial charge in [-0.2, -0.15) is 0 Å². The summed E-state index contributed by atoms with van der Waals surface area (Å²) >= 11 is 0. The molecule has 2 aromatic carbocycles. The molecule has 0 aliphatic heterocycles. The molecule has 3 atom stereocenters. The Labute approximate surface area is 188 Å². The third-order valence-corrected chi connectivity index (χ3v) is 5.93. The van der Waals surface area contributed by atoms with Gasteiger partial charge in [0.25, 0.3) is 0 Å². The lowest BCUT2D eigenvalue weighted by Gasteiger charge is -2.43. The van der Waals surface area contributed by atoms with Crippen molar-refractivity contribution in [2.45, 2.75) is 43.3 Å². The molecule has 32 heavy (non-hydrogen) atoms. The minimum absolute atomic E-state index is 0.196. The highest BCUT2D eigenvalue weighted by molar-refractivity contribution is 5.83. The van der Waals surface area contributed by atoms with Crippen LogP contribution in [-0.4, -0.2) is 70.1 Å². The number of hydrogen-bond donors (Lipinski definition) is 4. The lowest BCUT2D eigenvalue weighted by Crippen LogP contribution is -2.39. The first-order valence-electron chi connectivity index (χ1n) is 10.7. The molecule has 0 saturated heterocycles. The molecule has 0 radical (unpaired) electrons. The average molecular weight is 444 g/mol. The van der Waals surface area contributed by atoms with E-state index in [0.717, 1.165) is 5.92 Å². The number of carboxylic acid groups (broad SMARTS) is 2. The molecule has 1 aliphatic rings. The fraction of sp³-hybridized carbons (Fsp3) is 0.440. The Morgan fingerprint density at radius 3 is 1.72 bits per heavy atom. The van der Waals surface area contributed by atoms with Crippen molar-refractivity contribution in [3.8, 4) is 0 Å². The van der Waals surface area contributed by atoms with Crippen molar-refractivity contribution >= 4 is 11.9 Å². The van der Waals surface area contributed by atoms with Crippen LogP contribution in [0.25, 0.3) is 0 Å². The zero-order valence-electron chi connectivity index (χ0n) is 18.6. The summed E-state index contributed by atoms with van der Waals surface area (Å²) in [6.45, 7) is 1.20. The van der Waals surface area contributed by atoms with Crippen LogP contribution in [0.2, 0.25) is 0 Å². The van der Waals surface area contributed by atoms with Crippen LogP contribution in [0, 0.1) is 5.92 Å². The summed E-state index contributed by atoms with van der Waals surface area (Å²) in [4.78, 5) is 21.9. The Kier molecular flexibility index (Phi) is 9.38. The van der Waals surface area contributed by atoms with Gasteiger partial charge in [0.05, 0.1) is 0 Å². The van der Waals surface area contributed by atoms with Crippen molar-refractivity contribution in [2.75, 3.05) is 20.6 Å². The van der Waals surface area contributed by atoms with Crippen LogP contribution in [0.5, 0.6) is 0 Å². The lowest BCUT2D eigenvalue weighted by molar-refractivity contribution is -0.165. The van der Waals surface area contributed by atoms with E-state index in [1.807, 2.05) is 0 Å². The third-order valence-electron chi connectivity index (χ3n) is 5.93. The SMILES string of the molecule is CN(C)CC1CCCC(c2ccccc2)(c2ccccc2)C1.O=C(O)[C@H](O)[C@@H](O)C(=O)O. The van der Waals surface area contributed by atoms with Gasteiger partial charge in [-0.15, -0.1) is 0 Å². The number of aliphatic hydroxyl groups excluding tert-OH is 2. The molecule has 0 bridgehead atoms. The minimum atomic E-state index is -2.27. The summed E-state index contributed by atoms with van der Waals surface area (Å²) in [5, 5.41) is 32.5. The molecular weight excluding hydrogens is 410 g/mol. The van der Waals surface area contributed by atoms with Gasteiger partial charge in [-0.1, -0.05) is 67.1 Å². The zero-order valence-corrected chi connectivity index (χ0v) is 18.6. The van der Waals surface area contributed by atoms with Crippen molar-refractivity contribution in [1.82, 2.24) is 4.90 Å². The van der Waals surface area contributed by atoms with Crippen molar-refractivity contribution in [2.24, 2.45) is 5.92 Å². The molecule has 4 N–H and O–H groups in total. The number of aliphatic carboxylic acids is 2. The molecule has 1 saturated carbocycles. The van der Waals surface area contributed by atoms with Crippen LogP contribution < -0.4 is 0 Å². The van der Waals surface area contributed by atoms with E-state index >= 15 is 0 Å². The van der Waals surface area contributed by atoms with Gasteiger partial charge >= 0.3 is 11.9 Å². The number of benzene rings is 2. The maximum atomic E-state index is 9.77. The Morgan fingerprint density at radius 2 is 1.34 bits per heavy atom. The molecule has 7 heteroatoms. The second-order valence-electron chi connectivity index (χ2n) is 8.60. The maximum Gasteiger partial charge on any atom is 0.335 e. The largest absolute Gasteiger partial charge is 0.479 e. The van der Waals surface area contributed by atoms with E-state index in [2.05, 4.69) is 79.7 Å². The molecule has 0 heterocycles. The van der Waals surface area contributed by atoms with Crippen LogP contribution in [0.4, 0.5) is 0 Å². The van der Waals surface area contributed by atoms with E-state index in [1.54, 1.807) is 0 Å². The number of aliphatic hydroxyl groups is 2. The van der Waals surface area contributed by atoms with E-state index in [-0.39, 0.29) is 5.41 Å². The van der Waals surface area contributed by atoms with Gasteiger partial charge in [-0.3, -0.25) is 0 Å².